The van der Waals surface area contributed by atoms with Crippen molar-refractivity contribution in [1.29, 1.82) is 0 Å². The lowest BCUT2D eigenvalue weighted by molar-refractivity contribution is -0.227. The molecule has 0 atom stereocenters. The van der Waals surface area contributed by atoms with Gasteiger partial charge in [-0.2, -0.15) is 0 Å². The Kier molecular flexibility index (Phi) is 4.41. The molecule has 0 spiro atoms. The van der Waals surface area contributed by atoms with Crippen LogP contribution in [-0.4, -0.2) is 30.0 Å². The van der Waals surface area contributed by atoms with E-state index in [-0.39, 0.29) is 24.0 Å². The molecule has 22 heavy (non-hydrogen) atoms. The fraction of sp³-hybridized carbons (Fsp3) is 0.882. The van der Waals surface area contributed by atoms with Gasteiger partial charge in [0.25, 0.3) is 0 Å². The maximum Gasteiger partial charge on any atom is 0.344 e. The zero-order valence-electron chi connectivity index (χ0n) is 13.3. The van der Waals surface area contributed by atoms with Gasteiger partial charge < -0.3 is 9.47 Å². The molecule has 0 radical (unpaired) electrons. The van der Waals surface area contributed by atoms with Gasteiger partial charge >= 0.3 is 11.9 Å². The van der Waals surface area contributed by atoms with Gasteiger partial charge in [-0.05, 0) is 61.7 Å². The van der Waals surface area contributed by atoms with Crippen LogP contribution < -0.4 is 0 Å². The van der Waals surface area contributed by atoms with Gasteiger partial charge in [0.1, 0.15) is 11.5 Å². The number of rotatable bonds is 5. The van der Waals surface area contributed by atoms with E-state index >= 15 is 0 Å². The van der Waals surface area contributed by atoms with Crippen LogP contribution in [0.2, 0.25) is 0 Å². The first-order valence-corrected chi connectivity index (χ1v) is 8.92. The number of alkyl halides is 1. The molecule has 124 valence electrons. The molecule has 0 amide bonds. The predicted molar refractivity (Wildman–Crippen MR) is 82.4 cm³/mol. The van der Waals surface area contributed by atoms with Crippen LogP contribution in [0.25, 0.3) is 0 Å². The van der Waals surface area contributed by atoms with Crippen LogP contribution in [0.15, 0.2) is 0 Å². The summed E-state index contributed by atoms with van der Waals surface area (Å²) in [5.74, 6) is 1.62. The summed E-state index contributed by atoms with van der Waals surface area (Å²) < 4.78 is 10.8. The van der Waals surface area contributed by atoms with Crippen LogP contribution in [0.4, 0.5) is 0 Å². The lowest BCUT2D eigenvalue weighted by Gasteiger charge is -2.61. The van der Waals surface area contributed by atoms with Gasteiger partial charge in [-0.1, -0.05) is 13.8 Å². The molecule has 0 saturated heterocycles. The molecular weight excluding hydrogens is 304 g/mol. The minimum atomic E-state index is -0.581. The van der Waals surface area contributed by atoms with Crippen molar-refractivity contribution in [2.24, 2.45) is 29.6 Å². The second-order valence-electron chi connectivity index (χ2n) is 7.58. The third-order valence-corrected chi connectivity index (χ3v) is 6.29. The molecular formula is C17H25ClO4. The molecule has 0 aliphatic heterocycles. The summed E-state index contributed by atoms with van der Waals surface area (Å²) in [5.41, 5.74) is -0.363. The van der Waals surface area contributed by atoms with Gasteiger partial charge in [0, 0.05) is 0 Å². The van der Waals surface area contributed by atoms with E-state index in [0.717, 1.165) is 11.8 Å². The Morgan fingerprint density at radius 3 is 2.05 bits per heavy atom. The topological polar surface area (TPSA) is 52.6 Å². The monoisotopic (exact) mass is 328 g/mol. The lowest BCUT2D eigenvalue weighted by Crippen LogP contribution is -2.62. The Hall–Kier alpha value is -0.770. The highest BCUT2D eigenvalue weighted by molar-refractivity contribution is 6.26. The summed E-state index contributed by atoms with van der Waals surface area (Å²) in [6, 6.07) is 0. The standard InChI is InChI=1S/C17H25ClO4/c1-10(2)17(22-16(20)9-21-15(19)8-18)13-4-11-3-12(6-13)7-14(17)5-11/h10-14H,3-9H2,1-2H3. The van der Waals surface area contributed by atoms with E-state index in [1.54, 1.807) is 0 Å². The highest BCUT2D eigenvalue weighted by Gasteiger charge is 2.60. The molecule has 0 heterocycles. The highest BCUT2D eigenvalue weighted by Crippen LogP contribution is 2.61. The van der Waals surface area contributed by atoms with E-state index in [4.69, 9.17) is 21.1 Å². The molecule has 0 aromatic carbocycles. The maximum atomic E-state index is 12.2. The van der Waals surface area contributed by atoms with Crippen molar-refractivity contribution in [3.05, 3.63) is 0 Å². The van der Waals surface area contributed by atoms with Crippen LogP contribution in [0, 0.1) is 29.6 Å². The van der Waals surface area contributed by atoms with Crippen molar-refractivity contribution < 1.29 is 19.1 Å². The molecule has 4 saturated carbocycles. The fourth-order valence-electron chi connectivity index (χ4n) is 5.55. The molecule has 0 aromatic rings. The third kappa shape index (κ3) is 2.64. The van der Waals surface area contributed by atoms with Crippen molar-refractivity contribution in [3.8, 4) is 0 Å². The molecule has 0 N–H and O–H groups in total. The maximum absolute atomic E-state index is 12.2. The largest absolute Gasteiger partial charge is 0.456 e. The molecule has 4 aliphatic rings. The Morgan fingerprint density at radius 2 is 1.59 bits per heavy atom. The number of halogens is 1. The summed E-state index contributed by atoms with van der Waals surface area (Å²) in [5, 5.41) is 0. The first-order valence-electron chi connectivity index (χ1n) is 8.39. The Labute approximate surface area is 136 Å². The SMILES string of the molecule is CC(C)C1(OC(=O)COC(=O)CCl)C2CC3CC(C2)CC1C3. The average molecular weight is 329 g/mol. The van der Waals surface area contributed by atoms with Gasteiger partial charge in [-0.15, -0.1) is 11.6 Å². The number of esters is 2. The first kappa shape index (κ1) is 16.1. The van der Waals surface area contributed by atoms with E-state index in [1.165, 1.54) is 32.1 Å². The van der Waals surface area contributed by atoms with E-state index in [2.05, 4.69) is 13.8 Å². The molecule has 5 heteroatoms. The summed E-state index contributed by atoms with van der Waals surface area (Å²) in [7, 11) is 0. The van der Waals surface area contributed by atoms with Crippen LogP contribution in [0.5, 0.6) is 0 Å². The molecule has 0 aromatic heterocycles. The van der Waals surface area contributed by atoms with Crippen molar-refractivity contribution >= 4 is 23.5 Å². The zero-order chi connectivity index (χ0) is 15.9. The third-order valence-electron chi connectivity index (χ3n) is 6.07. The molecule has 4 nitrogen and oxygen atoms in total. The summed E-state index contributed by atoms with van der Waals surface area (Å²) >= 11 is 5.38. The smallest absolute Gasteiger partial charge is 0.344 e. The number of carbonyl (C=O) groups excluding carboxylic acids is 2. The van der Waals surface area contributed by atoms with Gasteiger partial charge in [0.2, 0.25) is 0 Å². The first-order chi connectivity index (χ1) is 10.5. The van der Waals surface area contributed by atoms with E-state index in [9.17, 15) is 9.59 Å². The highest BCUT2D eigenvalue weighted by atomic mass is 35.5. The van der Waals surface area contributed by atoms with Gasteiger partial charge in [-0.3, -0.25) is 4.79 Å². The van der Waals surface area contributed by atoms with Crippen molar-refractivity contribution in [1.82, 2.24) is 0 Å². The average Bonchev–Trinajstić information content (AvgIpc) is 2.47. The van der Waals surface area contributed by atoms with Gasteiger partial charge in [0.05, 0.1) is 0 Å². The molecule has 0 unspecified atom stereocenters. The minimum Gasteiger partial charge on any atom is -0.456 e. The van der Waals surface area contributed by atoms with Crippen molar-refractivity contribution in [2.45, 2.75) is 51.6 Å². The van der Waals surface area contributed by atoms with Crippen molar-refractivity contribution in [3.63, 3.8) is 0 Å². The quantitative estimate of drug-likeness (QED) is 0.574. The molecule has 4 aliphatic carbocycles. The van der Waals surface area contributed by atoms with Crippen molar-refractivity contribution in [2.75, 3.05) is 12.5 Å². The van der Waals surface area contributed by atoms with Gasteiger partial charge in [-0.25, -0.2) is 4.79 Å². The summed E-state index contributed by atoms with van der Waals surface area (Å²) in [6.07, 6.45) is 6.09. The number of hydrogen-bond donors (Lipinski definition) is 0. The summed E-state index contributed by atoms with van der Waals surface area (Å²) in [6.45, 7) is 3.98. The van der Waals surface area contributed by atoms with E-state index in [1.807, 2.05) is 0 Å². The van der Waals surface area contributed by atoms with E-state index in [0.29, 0.717) is 11.8 Å². The second-order valence-corrected chi connectivity index (χ2v) is 7.85. The number of carbonyl (C=O) groups is 2. The Morgan fingerprint density at radius 1 is 1.05 bits per heavy atom. The molecule has 4 bridgehead atoms. The van der Waals surface area contributed by atoms with Crippen LogP contribution in [0.3, 0.4) is 0 Å². The van der Waals surface area contributed by atoms with Crippen LogP contribution in [0.1, 0.15) is 46.0 Å². The van der Waals surface area contributed by atoms with Crippen LogP contribution in [-0.2, 0) is 19.1 Å². The molecule has 4 fully saturated rings. The minimum absolute atomic E-state index is 0.239. The number of ether oxygens (including phenoxy) is 2. The number of hydrogen-bond acceptors (Lipinski definition) is 4. The molecule has 4 rings (SSSR count). The Bertz CT molecular complexity index is 432. The van der Waals surface area contributed by atoms with Gasteiger partial charge in [0.15, 0.2) is 6.61 Å². The lowest BCUT2D eigenvalue weighted by atomic mass is 9.47. The predicted octanol–water partition coefficient (Wildman–Crippen LogP) is 3.16. The summed E-state index contributed by atoms with van der Waals surface area (Å²) in [4.78, 5) is 23.3. The normalized spacial score (nSPS) is 39.1. The zero-order valence-corrected chi connectivity index (χ0v) is 14.1. The van der Waals surface area contributed by atoms with E-state index < -0.39 is 11.9 Å². The van der Waals surface area contributed by atoms with Crippen LogP contribution >= 0.6 is 11.6 Å². The second kappa shape index (κ2) is 6.03. The fourth-order valence-corrected chi connectivity index (χ4v) is 5.63. The Balaban J connectivity index is 1.72.